The fourth-order valence-corrected chi connectivity index (χ4v) is 3.36. The van der Waals surface area contributed by atoms with Crippen LogP contribution in [0.1, 0.15) is 20.3 Å². The van der Waals surface area contributed by atoms with Gasteiger partial charge in [0.15, 0.2) is 5.65 Å². The van der Waals surface area contributed by atoms with Crippen molar-refractivity contribution in [3.05, 3.63) is 24.7 Å². The van der Waals surface area contributed by atoms with Crippen molar-refractivity contribution in [3.8, 4) is 0 Å². The Labute approximate surface area is 145 Å². The van der Waals surface area contributed by atoms with E-state index >= 15 is 0 Å². The molecule has 4 rings (SSSR count). The summed E-state index contributed by atoms with van der Waals surface area (Å²) in [6.07, 6.45) is 6.24. The molecule has 1 atom stereocenters. The second-order valence-corrected chi connectivity index (χ2v) is 6.69. The predicted molar refractivity (Wildman–Crippen MR) is 96.6 cm³/mol. The third-order valence-corrected chi connectivity index (χ3v) is 4.43. The standard InChI is InChI=1S/C17H21N7O/c1-10(2)21-17(25)22-12-4-6-24(9-12)16-14-11(8-20-23-16)7-19-15-13(14)3-5-18-15/h3,5,7-8,10,12,23H,4,6,9H2,1-2H3,(H2,21,22,25). The zero-order valence-electron chi connectivity index (χ0n) is 14.3. The number of nitrogens with zero attached hydrogens (tertiary/aromatic N) is 4. The number of nitrogens with one attached hydrogen (secondary N) is 3. The van der Waals surface area contributed by atoms with Gasteiger partial charge in [0.25, 0.3) is 0 Å². The third kappa shape index (κ3) is 2.95. The summed E-state index contributed by atoms with van der Waals surface area (Å²) < 4.78 is 0. The average Bonchev–Trinajstić information content (AvgIpc) is 3.22. The lowest BCUT2D eigenvalue weighted by Gasteiger charge is -2.20. The molecule has 25 heavy (non-hydrogen) atoms. The fourth-order valence-electron chi connectivity index (χ4n) is 3.36. The molecule has 2 amide bonds. The minimum atomic E-state index is -0.117. The number of fused-ring (bicyclic) bond motifs is 3. The Morgan fingerprint density at radius 1 is 1.36 bits per heavy atom. The lowest BCUT2D eigenvalue weighted by atomic mass is 10.1. The van der Waals surface area contributed by atoms with Crippen molar-refractivity contribution in [2.45, 2.75) is 32.4 Å². The minimum Gasteiger partial charge on any atom is -0.354 e. The van der Waals surface area contributed by atoms with Crippen molar-refractivity contribution in [2.24, 2.45) is 0 Å². The van der Waals surface area contributed by atoms with E-state index in [-0.39, 0.29) is 18.1 Å². The van der Waals surface area contributed by atoms with Gasteiger partial charge >= 0.3 is 6.03 Å². The van der Waals surface area contributed by atoms with Crippen LogP contribution in [0.3, 0.4) is 0 Å². The van der Waals surface area contributed by atoms with Gasteiger partial charge in [0, 0.05) is 53.7 Å². The molecule has 1 aliphatic rings. The molecule has 0 saturated carbocycles. The maximum absolute atomic E-state index is 11.9. The van der Waals surface area contributed by atoms with Gasteiger partial charge in [-0.2, -0.15) is 5.10 Å². The van der Waals surface area contributed by atoms with Gasteiger partial charge in [0.2, 0.25) is 0 Å². The number of urea groups is 1. The molecule has 8 heteroatoms. The van der Waals surface area contributed by atoms with Gasteiger partial charge in [-0.15, -0.1) is 0 Å². The Balaban J connectivity index is 1.60. The number of H-pyrrole nitrogens is 1. The van der Waals surface area contributed by atoms with Crippen LogP contribution in [0.15, 0.2) is 24.7 Å². The van der Waals surface area contributed by atoms with Gasteiger partial charge < -0.3 is 15.5 Å². The van der Waals surface area contributed by atoms with Crippen LogP contribution in [0.4, 0.5) is 10.6 Å². The highest BCUT2D eigenvalue weighted by Gasteiger charge is 2.26. The molecular weight excluding hydrogens is 318 g/mol. The first-order valence-electron chi connectivity index (χ1n) is 8.50. The quantitative estimate of drug-likeness (QED) is 0.676. The van der Waals surface area contributed by atoms with E-state index in [1.165, 1.54) is 0 Å². The maximum atomic E-state index is 11.9. The second kappa shape index (κ2) is 6.19. The number of pyridine rings is 1. The van der Waals surface area contributed by atoms with Gasteiger partial charge in [-0.3, -0.25) is 5.10 Å². The van der Waals surface area contributed by atoms with Crippen molar-refractivity contribution in [1.29, 1.82) is 0 Å². The highest BCUT2D eigenvalue weighted by atomic mass is 16.2. The zero-order valence-corrected chi connectivity index (χ0v) is 14.3. The van der Waals surface area contributed by atoms with Gasteiger partial charge in [0.1, 0.15) is 5.82 Å². The van der Waals surface area contributed by atoms with E-state index in [0.717, 1.165) is 47.1 Å². The number of hydrogen-bond acceptors (Lipinski definition) is 5. The van der Waals surface area contributed by atoms with E-state index in [9.17, 15) is 4.79 Å². The Morgan fingerprint density at radius 3 is 3.08 bits per heavy atom. The van der Waals surface area contributed by atoms with Crippen LogP contribution in [-0.2, 0) is 0 Å². The lowest BCUT2D eigenvalue weighted by Crippen LogP contribution is -2.45. The molecule has 8 nitrogen and oxygen atoms in total. The number of hydrogen-bond donors (Lipinski definition) is 3. The minimum absolute atomic E-state index is 0.109. The van der Waals surface area contributed by atoms with E-state index in [1.54, 1.807) is 18.6 Å². The Bertz CT molecular complexity index is 920. The molecule has 1 unspecified atom stereocenters. The van der Waals surface area contributed by atoms with Crippen molar-refractivity contribution in [2.75, 3.05) is 18.0 Å². The van der Waals surface area contributed by atoms with Crippen molar-refractivity contribution in [3.63, 3.8) is 0 Å². The Kier molecular flexibility index (Phi) is 3.87. The van der Waals surface area contributed by atoms with Crippen LogP contribution in [0.25, 0.3) is 21.8 Å². The molecule has 1 aliphatic heterocycles. The highest BCUT2D eigenvalue weighted by molar-refractivity contribution is 6.10. The van der Waals surface area contributed by atoms with Crippen LogP contribution in [-0.4, -0.2) is 51.4 Å². The van der Waals surface area contributed by atoms with Gasteiger partial charge in [-0.25, -0.2) is 14.8 Å². The SMILES string of the molecule is CC(C)NC(=O)NC1CCN(c2[nH]ncc3cnc4nccc4c23)C1. The molecule has 4 heterocycles. The van der Waals surface area contributed by atoms with Crippen LogP contribution in [0, 0.1) is 0 Å². The van der Waals surface area contributed by atoms with Gasteiger partial charge in [-0.05, 0) is 26.3 Å². The predicted octanol–water partition coefficient (Wildman–Crippen LogP) is 1.79. The lowest BCUT2D eigenvalue weighted by molar-refractivity contribution is 0.235. The molecule has 3 N–H and O–H groups in total. The number of rotatable bonds is 3. The molecule has 0 bridgehead atoms. The summed E-state index contributed by atoms with van der Waals surface area (Å²) in [6.45, 7) is 5.48. The monoisotopic (exact) mass is 339 g/mol. The van der Waals surface area contributed by atoms with Crippen molar-refractivity contribution in [1.82, 2.24) is 30.8 Å². The van der Waals surface area contributed by atoms with Crippen LogP contribution in [0.5, 0.6) is 0 Å². The third-order valence-electron chi connectivity index (χ3n) is 4.43. The average molecular weight is 339 g/mol. The molecule has 0 aliphatic carbocycles. The zero-order chi connectivity index (χ0) is 17.4. The largest absolute Gasteiger partial charge is 0.354 e. The van der Waals surface area contributed by atoms with E-state index < -0.39 is 0 Å². The summed E-state index contributed by atoms with van der Waals surface area (Å²) in [5.74, 6) is 0.950. The number of aromatic nitrogens is 4. The topological polar surface area (TPSA) is 98.8 Å². The van der Waals surface area contributed by atoms with Crippen LogP contribution in [0.2, 0.25) is 0 Å². The summed E-state index contributed by atoms with van der Waals surface area (Å²) in [5.41, 5.74) is 0.735. The van der Waals surface area contributed by atoms with E-state index in [4.69, 9.17) is 0 Å². The molecule has 0 radical (unpaired) electrons. The summed E-state index contributed by atoms with van der Waals surface area (Å²) >= 11 is 0. The summed E-state index contributed by atoms with van der Waals surface area (Å²) in [6, 6.07) is 2.09. The van der Waals surface area contributed by atoms with Crippen molar-refractivity contribution < 1.29 is 4.79 Å². The van der Waals surface area contributed by atoms with Crippen molar-refractivity contribution >= 4 is 33.7 Å². The molecule has 1 saturated heterocycles. The van der Waals surface area contributed by atoms with E-state index in [2.05, 4.69) is 35.7 Å². The molecule has 0 spiro atoms. The Morgan fingerprint density at radius 2 is 2.24 bits per heavy atom. The molecule has 1 fully saturated rings. The van der Waals surface area contributed by atoms with E-state index in [0.29, 0.717) is 0 Å². The first kappa shape index (κ1) is 15.6. The van der Waals surface area contributed by atoms with Gasteiger partial charge in [0.05, 0.1) is 6.20 Å². The molecule has 3 aromatic rings. The number of amides is 2. The number of anilines is 1. The van der Waals surface area contributed by atoms with Crippen LogP contribution < -0.4 is 15.5 Å². The number of aromatic amines is 1. The smallest absolute Gasteiger partial charge is 0.315 e. The molecule has 3 aromatic heterocycles. The highest BCUT2D eigenvalue weighted by Crippen LogP contribution is 2.31. The number of carbonyl (C=O) groups is 1. The van der Waals surface area contributed by atoms with Crippen LogP contribution >= 0.6 is 0 Å². The van der Waals surface area contributed by atoms with E-state index in [1.807, 2.05) is 19.9 Å². The normalized spacial score (nSPS) is 17.6. The molecular formula is C17H21N7O. The second-order valence-electron chi connectivity index (χ2n) is 6.69. The molecule has 0 aromatic carbocycles. The summed E-state index contributed by atoms with van der Waals surface area (Å²) in [5, 5.41) is 16.4. The molecule has 130 valence electrons. The summed E-state index contributed by atoms with van der Waals surface area (Å²) in [7, 11) is 0. The fraction of sp³-hybridized carbons (Fsp3) is 0.412. The maximum Gasteiger partial charge on any atom is 0.315 e. The first-order valence-corrected chi connectivity index (χ1v) is 8.50. The first-order chi connectivity index (χ1) is 12.1. The summed E-state index contributed by atoms with van der Waals surface area (Å²) in [4.78, 5) is 22.8. The van der Waals surface area contributed by atoms with Gasteiger partial charge in [-0.1, -0.05) is 0 Å². The Hall–Kier alpha value is -2.90. The number of carbonyl (C=O) groups excluding carboxylic acids is 1.